The molecule has 6 nitrogen and oxygen atoms in total. The minimum absolute atomic E-state index is 0.0371. The Labute approximate surface area is 172 Å². The average molecular weight is 417 g/mol. The van der Waals surface area contributed by atoms with Crippen molar-refractivity contribution in [2.24, 2.45) is 0 Å². The number of sulfonamides is 1. The molecule has 2 aromatic carbocycles. The maximum absolute atomic E-state index is 12.5. The number of rotatable bonds is 8. The van der Waals surface area contributed by atoms with Gasteiger partial charge in [-0.3, -0.25) is 4.79 Å². The van der Waals surface area contributed by atoms with Crippen molar-refractivity contribution in [3.8, 4) is 5.75 Å². The lowest BCUT2D eigenvalue weighted by Crippen LogP contribution is -2.36. The molecule has 3 rings (SSSR count). The fraction of sp³-hybridized carbons (Fsp3) is 0.409. The van der Waals surface area contributed by atoms with E-state index in [1.54, 1.807) is 55.6 Å². The van der Waals surface area contributed by atoms with Gasteiger partial charge in [0.15, 0.2) is 0 Å². The van der Waals surface area contributed by atoms with E-state index in [0.29, 0.717) is 18.5 Å². The highest BCUT2D eigenvalue weighted by Crippen LogP contribution is 2.20. The monoisotopic (exact) mass is 416 g/mol. The van der Waals surface area contributed by atoms with Crippen molar-refractivity contribution in [3.63, 3.8) is 0 Å². The summed E-state index contributed by atoms with van der Waals surface area (Å²) in [5.41, 5.74) is 1.64. The second kappa shape index (κ2) is 9.89. The minimum atomic E-state index is -3.49. The minimum Gasteiger partial charge on any atom is -0.497 e. The van der Waals surface area contributed by atoms with Gasteiger partial charge in [0.25, 0.3) is 0 Å². The van der Waals surface area contributed by atoms with E-state index in [0.717, 1.165) is 37.0 Å². The molecule has 1 amide bonds. The number of carbonyl (C=O) groups is 1. The van der Waals surface area contributed by atoms with E-state index in [1.807, 2.05) is 0 Å². The second-order valence-electron chi connectivity index (χ2n) is 7.38. The third-order valence-corrected chi connectivity index (χ3v) is 6.71. The van der Waals surface area contributed by atoms with Crippen molar-refractivity contribution in [1.82, 2.24) is 4.72 Å². The Balaban J connectivity index is 1.51. The molecule has 0 radical (unpaired) electrons. The van der Waals surface area contributed by atoms with Crippen molar-refractivity contribution >= 4 is 21.6 Å². The Bertz CT molecular complexity index is 903. The molecular formula is C22H28N2O4S. The number of aryl methyl sites for hydroxylation is 1. The summed E-state index contributed by atoms with van der Waals surface area (Å²) in [6.45, 7) is 0. The topological polar surface area (TPSA) is 84.5 Å². The first-order valence-corrected chi connectivity index (χ1v) is 11.5. The molecule has 1 aliphatic carbocycles. The lowest BCUT2D eigenvalue weighted by atomic mass is 9.96. The SMILES string of the molecule is COc1ccc(NC(=O)CCc2ccc(S(=O)(=O)NC3CCCCC3)cc2)cc1. The lowest BCUT2D eigenvalue weighted by Gasteiger charge is -2.22. The molecule has 1 fully saturated rings. The first-order chi connectivity index (χ1) is 14.0. The number of anilines is 1. The number of carbonyl (C=O) groups excluding carboxylic acids is 1. The summed E-state index contributed by atoms with van der Waals surface area (Å²) in [5, 5.41) is 2.84. The third-order valence-electron chi connectivity index (χ3n) is 5.18. The molecule has 2 aromatic rings. The fourth-order valence-corrected chi connectivity index (χ4v) is 4.80. The predicted octanol–water partition coefficient (Wildman–Crippen LogP) is 3.88. The quantitative estimate of drug-likeness (QED) is 0.684. The number of ether oxygens (including phenoxy) is 1. The van der Waals surface area contributed by atoms with Gasteiger partial charge in [0.2, 0.25) is 15.9 Å². The summed E-state index contributed by atoms with van der Waals surface area (Å²) < 4.78 is 33.0. The molecule has 0 atom stereocenters. The van der Waals surface area contributed by atoms with Gasteiger partial charge in [-0.05, 0) is 61.2 Å². The van der Waals surface area contributed by atoms with Gasteiger partial charge in [-0.2, -0.15) is 0 Å². The largest absolute Gasteiger partial charge is 0.497 e. The zero-order chi connectivity index (χ0) is 20.7. The molecule has 0 saturated heterocycles. The molecule has 1 aliphatic rings. The van der Waals surface area contributed by atoms with Gasteiger partial charge < -0.3 is 10.1 Å². The average Bonchev–Trinajstić information content (AvgIpc) is 2.73. The standard InChI is InChI=1S/C22H28N2O4S/c1-28-20-12-10-18(11-13-20)23-22(25)16-9-17-7-14-21(15-8-17)29(26,27)24-19-5-3-2-4-6-19/h7-8,10-15,19,24H,2-6,9,16H2,1H3,(H,23,25). The number of amides is 1. The van der Waals surface area contributed by atoms with Crippen molar-refractivity contribution in [3.05, 3.63) is 54.1 Å². The van der Waals surface area contributed by atoms with Crippen molar-refractivity contribution in [1.29, 1.82) is 0 Å². The highest BCUT2D eigenvalue weighted by molar-refractivity contribution is 7.89. The van der Waals surface area contributed by atoms with Crippen LogP contribution < -0.4 is 14.8 Å². The van der Waals surface area contributed by atoms with E-state index < -0.39 is 10.0 Å². The Kier molecular flexibility index (Phi) is 7.28. The van der Waals surface area contributed by atoms with Crippen molar-refractivity contribution in [2.75, 3.05) is 12.4 Å². The van der Waals surface area contributed by atoms with Gasteiger partial charge in [0.05, 0.1) is 12.0 Å². The van der Waals surface area contributed by atoms with E-state index in [2.05, 4.69) is 10.0 Å². The molecular weight excluding hydrogens is 388 g/mol. The van der Waals surface area contributed by atoms with Crippen LogP contribution in [-0.2, 0) is 21.2 Å². The number of hydrogen-bond acceptors (Lipinski definition) is 4. The van der Waals surface area contributed by atoms with Crippen LogP contribution >= 0.6 is 0 Å². The number of benzene rings is 2. The zero-order valence-electron chi connectivity index (χ0n) is 16.7. The summed E-state index contributed by atoms with van der Waals surface area (Å²) in [7, 11) is -1.90. The van der Waals surface area contributed by atoms with Crippen LogP contribution in [0, 0.1) is 0 Å². The summed E-state index contributed by atoms with van der Waals surface area (Å²) in [5.74, 6) is 0.641. The smallest absolute Gasteiger partial charge is 0.240 e. The first kappa shape index (κ1) is 21.3. The second-order valence-corrected chi connectivity index (χ2v) is 9.09. The number of hydrogen-bond donors (Lipinski definition) is 2. The van der Waals surface area contributed by atoms with Gasteiger partial charge in [0, 0.05) is 18.2 Å². The van der Waals surface area contributed by atoms with E-state index in [9.17, 15) is 13.2 Å². The van der Waals surface area contributed by atoms with Crippen LogP contribution in [0.5, 0.6) is 5.75 Å². The Morgan fingerprint density at radius 2 is 1.66 bits per heavy atom. The normalized spacial score (nSPS) is 15.1. The van der Waals surface area contributed by atoms with Crippen LogP contribution in [0.25, 0.3) is 0 Å². The van der Waals surface area contributed by atoms with Crippen LogP contribution in [-0.4, -0.2) is 27.5 Å². The summed E-state index contributed by atoms with van der Waals surface area (Å²) in [6.07, 6.45) is 5.99. The maximum Gasteiger partial charge on any atom is 0.240 e. The van der Waals surface area contributed by atoms with Gasteiger partial charge in [-0.1, -0.05) is 31.4 Å². The van der Waals surface area contributed by atoms with Crippen LogP contribution in [0.3, 0.4) is 0 Å². The predicted molar refractivity (Wildman–Crippen MR) is 114 cm³/mol. The number of nitrogens with one attached hydrogen (secondary N) is 2. The molecule has 7 heteroatoms. The molecule has 1 saturated carbocycles. The van der Waals surface area contributed by atoms with Gasteiger partial charge in [0.1, 0.15) is 5.75 Å². The molecule has 0 aromatic heterocycles. The van der Waals surface area contributed by atoms with E-state index in [1.165, 1.54) is 6.42 Å². The van der Waals surface area contributed by atoms with Crippen LogP contribution in [0.15, 0.2) is 53.4 Å². The molecule has 0 spiro atoms. The van der Waals surface area contributed by atoms with E-state index in [-0.39, 0.29) is 16.8 Å². The molecule has 0 unspecified atom stereocenters. The Hall–Kier alpha value is -2.38. The highest BCUT2D eigenvalue weighted by Gasteiger charge is 2.21. The van der Waals surface area contributed by atoms with Crippen LogP contribution in [0.2, 0.25) is 0 Å². The van der Waals surface area contributed by atoms with Crippen LogP contribution in [0.1, 0.15) is 44.1 Å². The highest BCUT2D eigenvalue weighted by atomic mass is 32.2. The van der Waals surface area contributed by atoms with E-state index >= 15 is 0 Å². The zero-order valence-corrected chi connectivity index (χ0v) is 17.5. The molecule has 0 aliphatic heterocycles. The molecule has 29 heavy (non-hydrogen) atoms. The van der Waals surface area contributed by atoms with Crippen LogP contribution in [0.4, 0.5) is 5.69 Å². The third kappa shape index (κ3) is 6.30. The molecule has 0 bridgehead atoms. The molecule has 2 N–H and O–H groups in total. The van der Waals surface area contributed by atoms with Gasteiger partial charge >= 0.3 is 0 Å². The summed E-state index contributed by atoms with van der Waals surface area (Å²) in [4.78, 5) is 12.4. The Morgan fingerprint density at radius 1 is 1.00 bits per heavy atom. The first-order valence-electron chi connectivity index (χ1n) is 10.0. The van der Waals surface area contributed by atoms with Crippen molar-refractivity contribution in [2.45, 2.75) is 55.9 Å². The lowest BCUT2D eigenvalue weighted by molar-refractivity contribution is -0.116. The fourth-order valence-electron chi connectivity index (χ4n) is 3.50. The van der Waals surface area contributed by atoms with Gasteiger partial charge in [-0.25, -0.2) is 13.1 Å². The number of methoxy groups -OCH3 is 1. The maximum atomic E-state index is 12.5. The summed E-state index contributed by atoms with van der Waals surface area (Å²) in [6, 6.07) is 14.0. The van der Waals surface area contributed by atoms with E-state index in [4.69, 9.17) is 4.74 Å². The van der Waals surface area contributed by atoms with Gasteiger partial charge in [-0.15, -0.1) is 0 Å². The Morgan fingerprint density at radius 3 is 2.28 bits per heavy atom. The molecule has 156 valence electrons. The molecule has 0 heterocycles. The summed E-state index contributed by atoms with van der Waals surface area (Å²) >= 11 is 0. The van der Waals surface area contributed by atoms with Crippen molar-refractivity contribution < 1.29 is 17.9 Å².